The molecule has 36 heavy (non-hydrogen) atoms. The van der Waals surface area contributed by atoms with E-state index < -0.39 is 6.04 Å². The predicted octanol–water partition coefficient (Wildman–Crippen LogP) is 3.60. The van der Waals surface area contributed by atoms with Crippen molar-refractivity contribution < 1.29 is 19.4 Å². The van der Waals surface area contributed by atoms with E-state index in [2.05, 4.69) is 15.4 Å². The third-order valence-corrected chi connectivity index (χ3v) is 5.79. The quantitative estimate of drug-likeness (QED) is 0.403. The highest BCUT2D eigenvalue weighted by molar-refractivity contribution is 5.97. The van der Waals surface area contributed by atoms with Crippen LogP contribution in [-0.4, -0.2) is 51.6 Å². The Hall–Kier alpha value is -4.43. The molecule has 0 spiro atoms. The Kier molecular flexibility index (Phi) is 7.05. The Morgan fingerprint density at radius 1 is 0.972 bits per heavy atom. The molecule has 2 aliphatic rings. The van der Waals surface area contributed by atoms with E-state index >= 15 is 0 Å². The largest absolute Gasteiger partial charge is 0.490 e. The lowest BCUT2D eigenvalue weighted by Gasteiger charge is -2.18. The van der Waals surface area contributed by atoms with Gasteiger partial charge in [-0.25, -0.2) is 9.67 Å². The van der Waals surface area contributed by atoms with Crippen LogP contribution >= 0.6 is 0 Å². The number of fused-ring (bicyclic) bond motifs is 9. The van der Waals surface area contributed by atoms with Crippen molar-refractivity contribution in [2.75, 3.05) is 19.8 Å². The van der Waals surface area contributed by atoms with Crippen LogP contribution in [0.15, 0.2) is 91.3 Å². The smallest absolute Gasteiger partial charge is 0.255 e. The second kappa shape index (κ2) is 10.9. The molecule has 1 atom stereocenters. The van der Waals surface area contributed by atoms with E-state index in [0.29, 0.717) is 31.0 Å². The second-order valence-corrected chi connectivity index (χ2v) is 8.34. The molecular formula is C28H26N4O4. The van der Waals surface area contributed by atoms with Crippen LogP contribution in [-0.2, 0) is 6.42 Å². The van der Waals surface area contributed by atoms with Crippen LogP contribution in [0.3, 0.4) is 0 Å². The van der Waals surface area contributed by atoms with Crippen LogP contribution in [0.2, 0.25) is 0 Å². The zero-order chi connectivity index (χ0) is 24.7. The Morgan fingerprint density at radius 2 is 1.78 bits per heavy atom. The van der Waals surface area contributed by atoms with Crippen LogP contribution in [0.1, 0.15) is 15.9 Å². The van der Waals surface area contributed by atoms with Crippen molar-refractivity contribution in [3.8, 4) is 28.6 Å². The lowest BCUT2D eigenvalue weighted by atomic mass is 10.1. The molecular weight excluding hydrogens is 456 g/mol. The highest BCUT2D eigenvalue weighted by Crippen LogP contribution is 2.24. The molecule has 6 rings (SSSR count). The number of aromatic nitrogens is 3. The summed E-state index contributed by atoms with van der Waals surface area (Å²) in [6, 6.07) is 20.1. The third-order valence-electron chi connectivity index (χ3n) is 5.79. The van der Waals surface area contributed by atoms with Gasteiger partial charge in [0.05, 0.1) is 23.9 Å². The zero-order valence-electron chi connectivity index (χ0n) is 19.6. The molecule has 2 aromatic heterocycles. The number of rotatable bonds is 1. The van der Waals surface area contributed by atoms with Crippen LogP contribution in [0.25, 0.3) is 17.1 Å². The van der Waals surface area contributed by atoms with E-state index in [9.17, 15) is 9.90 Å². The number of aliphatic hydroxyl groups is 1. The van der Waals surface area contributed by atoms with Gasteiger partial charge < -0.3 is 19.9 Å². The van der Waals surface area contributed by atoms with E-state index in [-0.39, 0.29) is 12.5 Å². The molecule has 0 saturated carbocycles. The highest BCUT2D eigenvalue weighted by Gasteiger charge is 2.19. The SMILES string of the molecule is O=C1N[C@H](CO)Cc2ccc(cc2)OC/C=C/COc2cccc(c2)-c2ccn(n2)-c2ncccc21. The van der Waals surface area contributed by atoms with Gasteiger partial charge in [0, 0.05) is 18.0 Å². The fourth-order valence-corrected chi connectivity index (χ4v) is 3.95. The summed E-state index contributed by atoms with van der Waals surface area (Å²) in [6.07, 6.45) is 7.68. The van der Waals surface area contributed by atoms with Gasteiger partial charge in [-0.15, -0.1) is 0 Å². The number of carbonyl (C=O) groups excluding carboxylic acids is 1. The first-order valence-corrected chi connectivity index (χ1v) is 11.7. The maximum atomic E-state index is 13.2. The van der Waals surface area contributed by atoms with Gasteiger partial charge in [0.15, 0.2) is 5.82 Å². The van der Waals surface area contributed by atoms with E-state index in [4.69, 9.17) is 9.47 Å². The molecule has 2 aliphatic heterocycles. The van der Waals surface area contributed by atoms with Crippen LogP contribution in [0, 0.1) is 0 Å². The topological polar surface area (TPSA) is 98.5 Å². The lowest BCUT2D eigenvalue weighted by Crippen LogP contribution is -2.39. The summed E-state index contributed by atoms with van der Waals surface area (Å²) in [5.74, 6) is 1.53. The Labute approximate surface area is 208 Å². The van der Waals surface area contributed by atoms with Crippen molar-refractivity contribution in [2.24, 2.45) is 0 Å². The summed E-state index contributed by atoms with van der Waals surface area (Å²) >= 11 is 0. The molecule has 4 aromatic rings. The molecule has 8 heteroatoms. The lowest BCUT2D eigenvalue weighted by molar-refractivity contribution is 0.0916. The zero-order valence-corrected chi connectivity index (χ0v) is 19.6. The molecule has 0 unspecified atom stereocenters. The molecule has 8 nitrogen and oxygen atoms in total. The molecule has 6 bridgehead atoms. The first-order chi connectivity index (χ1) is 17.7. The summed E-state index contributed by atoms with van der Waals surface area (Å²) < 4.78 is 13.2. The normalized spacial score (nSPS) is 16.9. The summed E-state index contributed by atoms with van der Waals surface area (Å²) in [5.41, 5.74) is 2.93. The van der Waals surface area contributed by atoms with Crippen molar-refractivity contribution in [1.82, 2.24) is 20.1 Å². The monoisotopic (exact) mass is 482 g/mol. The minimum atomic E-state index is -0.464. The number of amides is 1. The Morgan fingerprint density at radius 3 is 2.58 bits per heavy atom. The standard InChI is InChI=1S/C28H26N4O4/c33-19-22-17-20-8-10-23(11-9-20)35-15-1-2-16-36-24-6-3-5-21(18-24)26-12-14-32(31-26)27-25(28(34)30-22)7-4-13-29-27/h1-14,18,22,33H,15-17,19H2,(H,30,34)/b2-1+/t22-/m0/s1. The van der Waals surface area contributed by atoms with Gasteiger partial charge in [0.1, 0.15) is 24.7 Å². The summed E-state index contributed by atoms with van der Waals surface area (Å²) in [5, 5.41) is 17.5. The van der Waals surface area contributed by atoms with E-state index in [0.717, 1.165) is 28.3 Å². The summed E-state index contributed by atoms with van der Waals surface area (Å²) in [7, 11) is 0. The van der Waals surface area contributed by atoms with Gasteiger partial charge in [-0.05, 0) is 66.6 Å². The molecule has 4 heterocycles. The maximum absolute atomic E-state index is 13.2. The minimum Gasteiger partial charge on any atom is -0.490 e. The van der Waals surface area contributed by atoms with Gasteiger partial charge in [0.25, 0.3) is 5.91 Å². The average Bonchev–Trinajstić information content (AvgIpc) is 3.41. The van der Waals surface area contributed by atoms with Crippen molar-refractivity contribution in [3.05, 3.63) is 102 Å². The van der Waals surface area contributed by atoms with E-state index in [1.807, 2.05) is 66.7 Å². The Bertz CT molecular complexity index is 1360. The van der Waals surface area contributed by atoms with Crippen LogP contribution in [0.5, 0.6) is 11.5 Å². The number of benzene rings is 2. The molecule has 1 amide bonds. The number of aliphatic hydroxyl groups excluding tert-OH is 1. The number of nitrogens with one attached hydrogen (secondary N) is 1. The van der Waals surface area contributed by atoms with E-state index in [1.54, 1.807) is 29.2 Å². The van der Waals surface area contributed by atoms with E-state index in [1.165, 1.54) is 0 Å². The molecule has 0 aliphatic carbocycles. The number of ether oxygens (including phenoxy) is 2. The summed E-state index contributed by atoms with van der Waals surface area (Å²) in [4.78, 5) is 17.6. The predicted molar refractivity (Wildman–Crippen MR) is 135 cm³/mol. The fraction of sp³-hybridized carbons (Fsp3) is 0.179. The third kappa shape index (κ3) is 5.45. The van der Waals surface area contributed by atoms with Crippen molar-refractivity contribution in [1.29, 1.82) is 0 Å². The molecule has 0 radical (unpaired) electrons. The molecule has 182 valence electrons. The second-order valence-electron chi connectivity index (χ2n) is 8.34. The Balaban J connectivity index is 1.49. The number of carbonyl (C=O) groups is 1. The van der Waals surface area contributed by atoms with Crippen molar-refractivity contribution >= 4 is 5.91 Å². The fourth-order valence-electron chi connectivity index (χ4n) is 3.95. The van der Waals surface area contributed by atoms with Gasteiger partial charge in [-0.1, -0.05) is 24.3 Å². The number of nitrogens with zero attached hydrogens (tertiary/aromatic N) is 3. The highest BCUT2D eigenvalue weighted by atomic mass is 16.5. The average molecular weight is 483 g/mol. The van der Waals surface area contributed by atoms with Gasteiger partial charge >= 0.3 is 0 Å². The van der Waals surface area contributed by atoms with Crippen LogP contribution < -0.4 is 14.8 Å². The molecule has 2 aromatic carbocycles. The maximum Gasteiger partial charge on any atom is 0.255 e. The molecule has 2 N–H and O–H groups in total. The van der Waals surface area contributed by atoms with Gasteiger partial charge in [0.2, 0.25) is 0 Å². The summed E-state index contributed by atoms with van der Waals surface area (Å²) in [6.45, 7) is 0.632. The number of hydrogen-bond acceptors (Lipinski definition) is 6. The minimum absolute atomic E-state index is 0.200. The van der Waals surface area contributed by atoms with Gasteiger partial charge in [-0.3, -0.25) is 4.79 Å². The molecule has 0 fully saturated rings. The first kappa shape index (κ1) is 23.3. The molecule has 0 saturated heterocycles. The van der Waals surface area contributed by atoms with Gasteiger partial charge in [-0.2, -0.15) is 5.10 Å². The first-order valence-electron chi connectivity index (χ1n) is 11.7. The van der Waals surface area contributed by atoms with Crippen LogP contribution in [0.4, 0.5) is 0 Å². The number of pyridine rings is 1. The van der Waals surface area contributed by atoms with Crippen molar-refractivity contribution in [2.45, 2.75) is 12.5 Å². The number of hydrogen-bond donors (Lipinski definition) is 2. The van der Waals surface area contributed by atoms with Crippen molar-refractivity contribution in [3.63, 3.8) is 0 Å².